The highest BCUT2D eigenvalue weighted by Gasteiger charge is 2.25. The van der Waals surface area contributed by atoms with Crippen LogP contribution in [0.3, 0.4) is 0 Å². The van der Waals surface area contributed by atoms with Crippen molar-refractivity contribution in [1.29, 1.82) is 0 Å². The van der Waals surface area contributed by atoms with Gasteiger partial charge < -0.3 is 15.2 Å². The lowest BCUT2D eigenvalue weighted by molar-refractivity contribution is -0.148. The molecule has 1 amide bonds. The van der Waals surface area contributed by atoms with Crippen LogP contribution in [-0.2, 0) is 25.5 Å². The van der Waals surface area contributed by atoms with Crippen LogP contribution in [0, 0.1) is 5.92 Å². The molecule has 172 valence electrons. The summed E-state index contributed by atoms with van der Waals surface area (Å²) in [5.41, 5.74) is 3.84. The zero-order valence-corrected chi connectivity index (χ0v) is 18.9. The molecule has 0 aliphatic heterocycles. The summed E-state index contributed by atoms with van der Waals surface area (Å²) in [7, 11) is 0. The number of hydrogen-bond donors (Lipinski definition) is 2. The van der Waals surface area contributed by atoms with E-state index in [9.17, 15) is 14.4 Å². The molecule has 33 heavy (non-hydrogen) atoms. The summed E-state index contributed by atoms with van der Waals surface area (Å²) >= 11 is 0. The van der Waals surface area contributed by atoms with Gasteiger partial charge in [-0.15, -0.1) is 0 Å². The van der Waals surface area contributed by atoms with E-state index in [1.807, 2.05) is 54.6 Å². The molecule has 0 unspecified atom stereocenters. The average molecular weight is 448 g/mol. The van der Waals surface area contributed by atoms with Gasteiger partial charge in [-0.25, -0.2) is 4.79 Å². The number of carboxylic acids is 1. The number of aliphatic carboxylic acids is 1. The highest BCUT2D eigenvalue weighted by molar-refractivity contribution is 5.99. The van der Waals surface area contributed by atoms with Crippen molar-refractivity contribution in [1.82, 2.24) is 5.32 Å². The molecule has 6 nitrogen and oxygen atoms in total. The molecule has 0 radical (unpaired) electrons. The van der Waals surface area contributed by atoms with E-state index in [1.165, 1.54) is 6.08 Å². The lowest BCUT2D eigenvalue weighted by Gasteiger charge is -2.22. The molecule has 1 aliphatic carbocycles. The maximum Gasteiger partial charge on any atom is 0.331 e. The summed E-state index contributed by atoms with van der Waals surface area (Å²) in [5.74, 6) is -2.03. The molecule has 3 rings (SSSR count). The molecule has 0 saturated carbocycles. The first kappa shape index (κ1) is 24.0. The van der Waals surface area contributed by atoms with Crippen LogP contribution in [-0.4, -0.2) is 35.6 Å². The average Bonchev–Trinajstić information content (AvgIpc) is 3.31. The third-order valence-electron chi connectivity index (χ3n) is 5.64. The predicted molar refractivity (Wildman–Crippen MR) is 126 cm³/mol. The Hall–Kier alpha value is -3.67. The SMILES string of the molecule is CCOC(=O)[C@H](C)C[C@@H](Cc1ccc(-c2ccccc2)cc1)NC(=O)C1=CC=C(C(=O)O)C1. The zero-order chi connectivity index (χ0) is 23.8. The summed E-state index contributed by atoms with van der Waals surface area (Å²) in [6, 6.07) is 17.9. The van der Waals surface area contributed by atoms with Crippen LogP contribution in [0.1, 0.15) is 32.3 Å². The van der Waals surface area contributed by atoms with Crippen LogP contribution in [0.15, 0.2) is 77.9 Å². The highest BCUT2D eigenvalue weighted by atomic mass is 16.5. The van der Waals surface area contributed by atoms with Crippen molar-refractivity contribution < 1.29 is 24.2 Å². The number of esters is 1. The standard InChI is InChI=1S/C27H29NO5/c1-3-33-27(32)18(2)15-24(28-25(29)22-13-14-23(17-22)26(30)31)16-19-9-11-21(12-10-19)20-7-5-4-6-8-20/h4-14,18,24H,3,15-17H2,1-2H3,(H,28,29)(H,30,31)/t18-,24+/m1/s1. The summed E-state index contributed by atoms with van der Waals surface area (Å²) < 4.78 is 5.13. The monoisotopic (exact) mass is 447 g/mol. The largest absolute Gasteiger partial charge is 0.478 e. The highest BCUT2D eigenvalue weighted by Crippen LogP contribution is 2.22. The van der Waals surface area contributed by atoms with Gasteiger partial charge in [-0.2, -0.15) is 0 Å². The minimum atomic E-state index is -1.03. The van der Waals surface area contributed by atoms with Gasteiger partial charge in [0.05, 0.1) is 12.5 Å². The molecule has 0 heterocycles. The molecule has 0 bridgehead atoms. The van der Waals surface area contributed by atoms with Crippen molar-refractivity contribution in [2.75, 3.05) is 6.61 Å². The molecule has 0 saturated heterocycles. The van der Waals surface area contributed by atoms with E-state index in [0.717, 1.165) is 16.7 Å². The normalized spacial score (nSPS) is 14.6. The van der Waals surface area contributed by atoms with Crippen LogP contribution in [0.5, 0.6) is 0 Å². The Kier molecular flexibility index (Phi) is 8.19. The minimum absolute atomic E-state index is 0.0904. The number of rotatable bonds is 10. The topological polar surface area (TPSA) is 92.7 Å². The van der Waals surface area contributed by atoms with E-state index in [2.05, 4.69) is 5.32 Å². The number of carbonyl (C=O) groups excluding carboxylic acids is 2. The van der Waals surface area contributed by atoms with E-state index < -0.39 is 5.97 Å². The predicted octanol–water partition coefficient (Wildman–Crippen LogP) is 4.31. The Bertz CT molecular complexity index is 1050. The van der Waals surface area contributed by atoms with Gasteiger partial charge in [0, 0.05) is 23.6 Å². The molecular weight excluding hydrogens is 418 g/mol. The fourth-order valence-corrected chi connectivity index (χ4v) is 3.85. The van der Waals surface area contributed by atoms with E-state index in [-0.39, 0.29) is 35.8 Å². The molecule has 2 aromatic carbocycles. The summed E-state index contributed by atoms with van der Waals surface area (Å²) in [4.78, 5) is 36.1. The smallest absolute Gasteiger partial charge is 0.331 e. The van der Waals surface area contributed by atoms with Crippen LogP contribution >= 0.6 is 0 Å². The Morgan fingerprint density at radius 1 is 0.970 bits per heavy atom. The Morgan fingerprint density at radius 2 is 1.61 bits per heavy atom. The van der Waals surface area contributed by atoms with Crippen molar-refractivity contribution in [2.24, 2.45) is 5.92 Å². The number of benzene rings is 2. The first-order chi connectivity index (χ1) is 15.9. The quantitative estimate of drug-likeness (QED) is 0.530. The molecule has 0 spiro atoms. The third-order valence-corrected chi connectivity index (χ3v) is 5.64. The summed E-state index contributed by atoms with van der Waals surface area (Å²) in [6.07, 6.45) is 4.04. The van der Waals surface area contributed by atoms with Crippen LogP contribution < -0.4 is 5.32 Å². The third kappa shape index (κ3) is 6.65. The van der Waals surface area contributed by atoms with Gasteiger partial charge in [0.1, 0.15) is 0 Å². The maximum atomic E-state index is 12.8. The first-order valence-electron chi connectivity index (χ1n) is 11.1. The number of allylic oxidation sites excluding steroid dienone is 2. The molecule has 2 N–H and O–H groups in total. The van der Waals surface area contributed by atoms with Crippen LogP contribution in [0.2, 0.25) is 0 Å². The lowest BCUT2D eigenvalue weighted by atomic mass is 9.94. The summed E-state index contributed by atoms with van der Waals surface area (Å²) in [6.45, 7) is 3.85. The Labute approximate surface area is 194 Å². The second-order valence-electron chi connectivity index (χ2n) is 8.19. The Morgan fingerprint density at radius 3 is 2.21 bits per heavy atom. The van der Waals surface area contributed by atoms with Crippen LogP contribution in [0.4, 0.5) is 0 Å². The van der Waals surface area contributed by atoms with Gasteiger partial charge in [0.2, 0.25) is 5.91 Å². The van der Waals surface area contributed by atoms with Crippen molar-refractivity contribution in [2.45, 2.75) is 39.2 Å². The first-order valence-corrected chi connectivity index (χ1v) is 11.1. The number of ether oxygens (including phenoxy) is 1. The molecule has 1 aliphatic rings. The molecule has 2 atom stereocenters. The lowest BCUT2D eigenvalue weighted by Crippen LogP contribution is -2.39. The fraction of sp³-hybridized carbons (Fsp3) is 0.296. The molecule has 2 aromatic rings. The number of hydrogen-bond acceptors (Lipinski definition) is 4. The molecule has 0 fully saturated rings. The second kappa shape index (κ2) is 11.3. The van der Waals surface area contributed by atoms with Gasteiger partial charge in [-0.1, -0.05) is 73.7 Å². The van der Waals surface area contributed by atoms with Gasteiger partial charge >= 0.3 is 11.9 Å². The van der Waals surface area contributed by atoms with Crippen LogP contribution in [0.25, 0.3) is 11.1 Å². The van der Waals surface area contributed by atoms with Crippen molar-refractivity contribution in [3.8, 4) is 11.1 Å². The van der Waals surface area contributed by atoms with Gasteiger partial charge in [-0.05, 0) is 36.5 Å². The van der Waals surface area contributed by atoms with E-state index >= 15 is 0 Å². The van der Waals surface area contributed by atoms with Gasteiger partial charge in [0.25, 0.3) is 0 Å². The minimum Gasteiger partial charge on any atom is -0.478 e. The van der Waals surface area contributed by atoms with E-state index in [0.29, 0.717) is 25.0 Å². The number of nitrogens with one attached hydrogen (secondary N) is 1. The van der Waals surface area contributed by atoms with Crippen molar-refractivity contribution in [3.63, 3.8) is 0 Å². The zero-order valence-electron chi connectivity index (χ0n) is 18.9. The van der Waals surface area contributed by atoms with Crippen molar-refractivity contribution in [3.05, 3.63) is 83.5 Å². The van der Waals surface area contributed by atoms with E-state index in [1.54, 1.807) is 19.9 Å². The number of carbonyl (C=O) groups is 3. The van der Waals surface area contributed by atoms with Gasteiger partial charge in [-0.3, -0.25) is 9.59 Å². The maximum absolute atomic E-state index is 12.8. The van der Waals surface area contributed by atoms with Gasteiger partial charge in [0.15, 0.2) is 0 Å². The molecule has 0 aromatic heterocycles. The molecular formula is C27H29NO5. The number of amides is 1. The molecule has 6 heteroatoms. The second-order valence-corrected chi connectivity index (χ2v) is 8.19. The number of carboxylic acid groups (broad SMARTS) is 1. The Balaban J connectivity index is 1.71. The van der Waals surface area contributed by atoms with Crippen molar-refractivity contribution >= 4 is 17.8 Å². The fourth-order valence-electron chi connectivity index (χ4n) is 3.85. The summed E-state index contributed by atoms with van der Waals surface area (Å²) in [5, 5.41) is 12.1. The van der Waals surface area contributed by atoms with E-state index in [4.69, 9.17) is 9.84 Å².